The Morgan fingerprint density at radius 3 is 2.30 bits per heavy atom. The lowest BCUT2D eigenvalue weighted by molar-refractivity contribution is -0.122. The van der Waals surface area contributed by atoms with Crippen molar-refractivity contribution in [1.29, 1.82) is 0 Å². The molecule has 0 aliphatic carbocycles. The van der Waals surface area contributed by atoms with E-state index in [2.05, 4.69) is 5.32 Å². The second kappa shape index (κ2) is 11.6. The summed E-state index contributed by atoms with van der Waals surface area (Å²) in [6.07, 6.45) is 2.62. The van der Waals surface area contributed by atoms with Crippen molar-refractivity contribution in [1.82, 2.24) is 0 Å². The Kier molecular flexibility index (Phi) is 8.38. The fraction of sp³-hybridized carbons (Fsp3) is 0.185. The summed E-state index contributed by atoms with van der Waals surface area (Å²) in [5.74, 6) is 0.223. The zero-order valence-corrected chi connectivity index (χ0v) is 18.8. The number of aliphatic hydroxyl groups is 1. The van der Waals surface area contributed by atoms with Gasteiger partial charge < -0.3 is 20.1 Å². The van der Waals surface area contributed by atoms with Crippen molar-refractivity contribution in [2.45, 2.75) is 13.0 Å². The van der Waals surface area contributed by atoms with E-state index >= 15 is 0 Å². The Bertz CT molecular complexity index is 1080. The van der Waals surface area contributed by atoms with Crippen LogP contribution in [0.15, 0.2) is 84.9 Å². The smallest absolute Gasteiger partial charge is 0.265 e. The van der Waals surface area contributed by atoms with Crippen LogP contribution >= 0.6 is 0 Å². The molecule has 0 saturated carbocycles. The summed E-state index contributed by atoms with van der Waals surface area (Å²) < 4.78 is 5.63. The summed E-state index contributed by atoms with van der Waals surface area (Å²) in [6.45, 7) is 2.33. The molecule has 0 saturated heterocycles. The molecule has 6 nitrogen and oxygen atoms in total. The molecule has 0 bridgehead atoms. The summed E-state index contributed by atoms with van der Waals surface area (Å²) in [7, 11) is 1.91. The minimum absolute atomic E-state index is 0.0929. The SMILES string of the molecule is CC(Oc1ccccc1)C(=O)Nc1ccc(C(=O)/C=C/c2ccc(N(C)CCO)cc2)cc1. The van der Waals surface area contributed by atoms with E-state index in [4.69, 9.17) is 9.84 Å². The first-order valence-corrected chi connectivity index (χ1v) is 10.7. The molecule has 3 aromatic carbocycles. The van der Waals surface area contributed by atoms with Crippen LogP contribution in [0.5, 0.6) is 5.75 Å². The number of anilines is 2. The molecule has 3 rings (SSSR count). The van der Waals surface area contributed by atoms with Crippen LogP contribution in [0, 0.1) is 0 Å². The van der Waals surface area contributed by atoms with E-state index in [-0.39, 0.29) is 18.3 Å². The number of amides is 1. The van der Waals surface area contributed by atoms with Crippen LogP contribution in [0.2, 0.25) is 0 Å². The number of likely N-dealkylation sites (N-methyl/N-ethyl adjacent to an activating group) is 1. The topological polar surface area (TPSA) is 78.9 Å². The predicted molar refractivity (Wildman–Crippen MR) is 132 cm³/mol. The normalized spacial score (nSPS) is 11.7. The summed E-state index contributed by atoms with van der Waals surface area (Å²) in [5.41, 5.74) is 3.01. The highest BCUT2D eigenvalue weighted by molar-refractivity contribution is 6.07. The number of para-hydroxylation sites is 1. The molecule has 0 fully saturated rings. The van der Waals surface area contributed by atoms with Gasteiger partial charge in [0.1, 0.15) is 5.75 Å². The molecule has 1 amide bonds. The lowest BCUT2D eigenvalue weighted by Crippen LogP contribution is -2.30. The third-order valence-electron chi connectivity index (χ3n) is 5.06. The quantitative estimate of drug-likeness (QED) is 0.358. The molecule has 1 unspecified atom stereocenters. The number of hydrogen-bond donors (Lipinski definition) is 2. The standard InChI is InChI=1S/C27H28N2O4/c1-20(33-25-6-4-3-5-7-25)27(32)28-23-13-11-22(12-14-23)26(31)17-10-21-8-15-24(16-9-21)29(2)18-19-30/h3-17,20,30H,18-19H2,1-2H3,(H,28,32)/b17-10+. The Balaban J connectivity index is 1.54. The number of ketones is 1. The van der Waals surface area contributed by atoms with Crippen LogP contribution in [-0.4, -0.2) is 43.1 Å². The maximum absolute atomic E-state index is 12.5. The fourth-order valence-corrected chi connectivity index (χ4v) is 3.11. The number of nitrogens with one attached hydrogen (secondary N) is 1. The third-order valence-corrected chi connectivity index (χ3v) is 5.06. The van der Waals surface area contributed by atoms with Gasteiger partial charge in [-0.15, -0.1) is 0 Å². The number of ether oxygens (including phenoxy) is 1. The summed E-state index contributed by atoms with van der Waals surface area (Å²) in [6, 6.07) is 23.6. The Morgan fingerprint density at radius 1 is 1.00 bits per heavy atom. The molecule has 6 heteroatoms. The van der Waals surface area contributed by atoms with Crippen molar-refractivity contribution in [2.75, 3.05) is 30.4 Å². The van der Waals surface area contributed by atoms with Crippen molar-refractivity contribution in [2.24, 2.45) is 0 Å². The maximum atomic E-state index is 12.5. The van der Waals surface area contributed by atoms with Crippen molar-refractivity contribution >= 4 is 29.1 Å². The molecule has 170 valence electrons. The number of hydrogen-bond acceptors (Lipinski definition) is 5. The van der Waals surface area contributed by atoms with E-state index in [1.54, 1.807) is 49.4 Å². The molecule has 0 radical (unpaired) electrons. The lowest BCUT2D eigenvalue weighted by atomic mass is 10.1. The molecular weight excluding hydrogens is 416 g/mol. The minimum Gasteiger partial charge on any atom is -0.481 e. The number of carbonyl (C=O) groups is 2. The Hall–Kier alpha value is -3.90. The van der Waals surface area contributed by atoms with Crippen molar-refractivity contribution in [3.05, 3.63) is 96.1 Å². The van der Waals surface area contributed by atoms with E-state index in [0.29, 0.717) is 23.5 Å². The summed E-state index contributed by atoms with van der Waals surface area (Å²) >= 11 is 0. The van der Waals surface area contributed by atoms with E-state index in [9.17, 15) is 9.59 Å². The van der Waals surface area contributed by atoms with Crippen LogP contribution in [0.3, 0.4) is 0 Å². The largest absolute Gasteiger partial charge is 0.481 e. The van der Waals surface area contributed by atoms with Crippen LogP contribution < -0.4 is 15.0 Å². The monoisotopic (exact) mass is 444 g/mol. The first-order valence-electron chi connectivity index (χ1n) is 10.7. The van der Waals surface area contributed by atoms with Gasteiger partial charge in [-0.05, 0) is 67.1 Å². The van der Waals surface area contributed by atoms with E-state index in [0.717, 1.165) is 11.3 Å². The molecule has 2 N–H and O–H groups in total. The molecule has 0 aromatic heterocycles. The summed E-state index contributed by atoms with van der Waals surface area (Å²) in [4.78, 5) is 26.8. The zero-order valence-electron chi connectivity index (χ0n) is 18.8. The number of allylic oxidation sites excluding steroid dienone is 1. The molecule has 3 aromatic rings. The number of nitrogens with zero attached hydrogens (tertiary/aromatic N) is 1. The number of carbonyl (C=O) groups excluding carboxylic acids is 2. The lowest BCUT2D eigenvalue weighted by Gasteiger charge is -2.17. The predicted octanol–water partition coefficient (Wildman–Crippen LogP) is 4.42. The van der Waals surface area contributed by atoms with E-state index in [1.807, 2.05) is 54.4 Å². The average Bonchev–Trinajstić information content (AvgIpc) is 2.84. The second-order valence-electron chi connectivity index (χ2n) is 7.57. The van der Waals surface area contributed by atoms with Gasteiger partial charge >= 0.3 is 0 Å². The van der Waals surface area contributed by atoms with Gasteiger partial charge in [0.25, 0.3) is 5.91 Å². The summed E-state index contributed by atoms with van der Waals surface area (Å²) in [5, 5.41) is 11.8. The van der Waals surface area contributed by atoms with Gasteiger partial charge in [-0.3, -0.25) is 9.59 Å². The van der Waals surface area contributed by atoms with Crippen molar-refractivity contribution in [3.63, 3.8) is 0 Å². The number of rotatable bonds is 10. The molecule has 0 aliphatic rings. The van der Waals surface area contributed by atoms with Crippen LogP contribution in [0.25, 0.3) is 6.08 Å². The Labute approximate surface area is 194 Å². The maximum Gasteiger partial charge on any atom is 0.265 e. The highest BCUT2D eigenvalue weighted by Crippen LogP contribution is 2.16. The van der Waals surface area contributed by atoms with Gasteiger partial charge in [-0.1, -0.05) is 36.4 Å². The van der Waals surface area contributed by atoms with E-state index < -0.39 is 6.10 Å². The average molecular weight is 445 g/mol. The fourth-order valence-electron chi connectivity index (χ4n) is 3.11. The van der Waals surface area contributed by atoms with Crippen molar-refractivity contribution in [3.8, 4) is 5.75 Å². The molecule has 0 spiro atoms. The van der Waals surface area contributed by atoms with Crippen LogP contribution in [0.1, 0.15) is 22.8 Å². The van der Waals surface area contributed by atoms with Gasteiger partial charge in [0.15, 0.2) is 11.9 Å². The van der Waals surface area contributed by atoms with Crippen LogP contribution in [0.4, 0.5) is 11.4 Å². The number of benzene rings is 3. The minimum atomic E-state index is -0.661. The van der Waals surface area contributed by atoms with Gasteiger partial charge in [-0.25, -0.2) is 0 Å². The third kappa shape index (κ3) is 7.05. The van der Waals surface area contributed by atoms with E-state index in [1.165, 1.54) is 6.08 Å². The van der Waals surface area contributed by atoms with Gasteiger partial charge in [0, 0.05) is 30.5 Å². The van der Waals surface area contributed by atoms with Crippen LogP contribution in [-0.2, 0) is 4.79 Å². The molecule has 33 heavy (non-hydrogen) atoms. The highest BCUT2D eigenvalue weighted by atomic mass is 16.5. The molecule has 0 aliphatic heterocycles. The molecular formula is C27H28N2O4. The zero-order chi connectivity index (χ0) is 23.6. The van der Waals surface area contributed by atoms with Gasteiger partial charge in [0.2, 0.25) is 0 Å². The molecule has 0 heterocycles. The first-order chi connectivity index (χ1) is 16.0. The van der Waals surface area contributed by atoms with Gasteiger partial charge in [-0.2, -0.15) is 0 Å². The Morgan fingerprint density at radius 2 is 1.67 bits per heavy atom. The number of aliphatic hydroxyl groups excluding tert-OH is 1. The molecule has 1 atom stereocenters. The van der Waals surface area contributed by atoms with Crippen molar-refractivity contribution < 1.29 is 19.4 Å². The first kappa shape index (κ1) is 23.8. The van der Waals surface area contributed by atoms with Gasteiger partial charge in [0.05, 0.1) is 6.61 Å². The highest BCUT2D eigenvalue weighted by Gasteiger charge is 2.15. The second-order valence-corrected chi connectivity index (χ2v) is 7.57.